The number of nitrogens with zero attached hydrogens (tertiary/aromatic N) is 3. The Morgan fingerprint density at radius 3 is 2.71 bits per heavy atom. The molecule has 0 saturated carbocycles. The number of sulfonamides is 1. The molecule has 0 aromatic carbocycles. The molecule has 2 heterocycles. The molecule has 1 atom stereocenters. The fraction of sp³-hybridized carbons (Fsp3) is 0.667. The molecule has 1 aromatic heterocycles. The lowest BCUT2D eigenvalue weighted by molar-refractivity contribution is 0.407. The smallest absolute Gasteiger partial charge is 0.260 e. The number of rotatable bonds is 3. The van der Waals surface area contributed by atoms with Gasteiger partial charge in [0.1, 0.15) is 0 Å². The summed E-state index contributed by atoms with van der Waals surface area (Å²) in [5.41, 5.74) is 5.57. The van der Waals surface area contributed by atoms with Crippen molar-refractivity contribution in [2.45, 2.75) is 17.5 Å². The number of aromatic nitrogens is 2. The third-order valence-electron chi connectivity index (χ3n) is 2.88. The van der Waals surface area contributed by atoms with Gasteiger partial charge in [-0.3, -0.25) is 0 Å². The van der Waals surface area contributed by atoms with Gasteiger partial charge in [0.15, 0.2) is 10.8 Å². The minimum absolute atomic E-state index is 0.0337. The van der Waals surface area contributed by atoms with E-state index in [4.69, 9.17) is 5.73 Å². The summed E-state index contributed by atoms with van der Waals surface area (Å²) in [5.74, 6) is 0.0337. The molecule has 1 fully saturated rings. The van der Waals surface area contributed by atoms with Crippen LogP contribution < -0.4 is 10.5 Å². The monoisotopic (exact) mass is 259 g/mol. The van der Waals surface area contributed by atoms with Crippen molar-refractivity contribution < 1.29 is 8.42 Å². The van der Waals surface area contributed by atoms with Crippen LogP contribution in [0.15, 0.2) is 11.4 Å². The van der Waals surface area contributed by atoms with Crippen molar-refractivity contribution in [1.29, 1.82) is 0 Å². The topological polar surface area (TPSA) is 93.2 Å². The Hall–Kier alpha value is -1.12. The maximum Gasteiger partial charge on any atom is 0.260 e. The first kappa shape index (κ1) is 12.3. The van der Waals surface area contributed by atoms with E-state index in [0.717, 1.165) is 19.5 Å². The van der Waals surface area contributed by atoms with Gasteiger partial charge in [-0.25, -0.2) is 18.1 Å². The molecule has 8 heteroatoms. The quantitative estimate of drug-likeness (QED) is 0.725. The Bertz CT molecular complexity index is 490. The Labute approximate surface area is 101 Å². The highest BCUT2D eigenvalue weighted by molar-refractivity contribution is 7.89. The van der Waals surface area contributed by atoms with Gasteiger partial charge in [-0.05, 0) is 20.0 Å². The summed E-state index contributed by atoms with van der Waals surface area (Å²) in [7, 11) is -0.0115. The maximum absolute atomic E-state index is 12.1. The van der Waals surface area contributed by atoms with Crippen LogP contribution in [0.25, 0.3) is 0 Å². The zero-order valence-electron chi connectivity index (χ0n) is 9.92. The number of aryl methyl sites for hydroxylation is 1. The Balaban J connectivity index is 2.20. The largest absolute Gasteiger partial charge is 0.381 e. The summed E-state index contributed by atoms with van der Waals surface area (Å²) < 4.78 is 28.3. The number of hydrogen-bond donors (Lipinski definition) is 2. The van der Waals surface area contributed by atoms with Gasteiger partial charge in [0.05, 0.1) is 6.33 Å². The van der Waals surface area contributed by atoms with Gasteiger partial charge in [0, 0.05) is 19.6 Å². The molecule has 1 unspecified atom stereocenters. The van der Waals surface area contributed by atoms with Crippen molar-refractivity contribution in [2.75, 3.05) is 25.9 Å². The Kier molecular flexibility index (Phi) is 3.11. The van der Waals surface area contributed by atoms with Crippen LogP contribution in [0.5, 0.6) is 0 Å². The number of hydrogen-bond acceptors (Lipinski definition) is 5. The van der Waals surface area contributed by atoms with Gasteiger partial charge in [0.2, 0.25) is 0 Å². The number of anilines is 1. The molecule has 17 heavy (non-hydrogen) atoms. The standard InChI is InChI=1S/C9H17N5O2S/c1-13-4-3-7(5-13)12-17(15,16)9-8(10)11-6-14(9)2/h6-7,12H,3-5,10H2,1-2H3. The molecule has 0 spiro atoms. The molecule has 7 nitrogen and oxygen atoms in total. The van der Waals surface area contributed by atoms with Crippen molar-refractivity contribution in [3.05, 3.63) is 6.33 Å². The third kappa shape index (κ3) is 2.43. The van der Waals surface area contributed by atoms with Gasteiger partial charge in [-0.1, -0.05) is 0 Å². The highest BCUT2D eigenvalue weighted by atomic mass is 32.2. The molecule has 1 saturated heterocycles. The number of nitrogens with one attached hydrogen (secondary N) is 1. The first-order chi connectivity index (χ1) is 7.90. The zero-order valence-corrected chi connectivity index (χ0v) is 10.7. The summed E-state index contributed by atoms with van der Waals surface area (Å²) in [6.45, 7) is 1.62. The molecule has 1 aliphatic rings. The second-order valence-electron chi connectivity index (χ2n) is 4.41. The minimum atomic E-state index is -3.59. The van der Waals surface area contributed by atoms with E-state index in [1.807, 2.05) is 7.05 Å². The highest BCUT2D eigenvalue weighted by Gasteiger charge is 2.28. The lowest BCUT2D eigenvalue weighted by atomic mass is 10.3. The molecular weight excluding hydrogens is 242 g/mol. The number of likely N-dealkylation sites (N-methyl/N-ethyl adjacent to an activating group) is 1. The van der Waals surface area contributed by atoms with Crippen LogP contribution in [0.1, 0.15) is 6.42 Å². The van der Waals surface area contributed by atoms with E-state index in [0.29, 0.717) is 0 Å². The van der Waals surface area contributed by atoms with Gasteiger partial charge in [-0.15, -0.1) is 0 Å². The first-order valence-corrected chi connectivity index (χ1v) is 6.86. The van der Waals surface area contributed by atoms with Crippen molar-refractivity contribution in [3.63, 3.8) is 0 Å². The molecule has 1 aliphatic heterocycles. The molecule has 0 radical (unpaired) electrons. The minimum Gasteiger partial charge on any atom is -0.381 e. The normalized spacial score (nSPS) is 22.1. The average molecular weight is 259 g/mol. The predicted octanol–water partition coefficient (Wildman–Crippen LogP) is -1.02. The highest BCUT2D eigenvalue weighted by Crippen LogP contribution is 2.17. The first-order valence-electron chi connectivity index (χ1n) is 5.38. The molecule has 96 valence electrons. The van der Waals surface area contributed by atoms with Crippen LogP contribution in [-0.2, 0) is 17.1 Å². The van der Waals surface area contributed by atoms with Crippen molar-refractivity contribution in [2.24, 2.45) is 7.05 Å². The van der Waals surface area contributed by atoms with Crippen LogP contribution in [0.3, 0.4) is 0 Å². The summed E-state index contributed by atoms with van der Waals surface area (Å²) in [5, 5.41) is 0.0343. The van der Waals surface area contributed by atoms with E-state index in [9.17, 15) is 8.42 Å². The molecule has 1 aromatic rings. The number of likely N-dealkylation sites (tertiary alicyclic amines) is 1. The fourth-order valence-electron chi connectivity index (χ4n) is 2.07. The van der Waals surface area contributed by atoms with Gasteiger partial charge >= 0.3 is 0 Å². The predicted molar refractivity (Wildman–Crippen MR) is 63.8 cm³/mol. The number of nitrogen functional groups attached to an aromatic ring is 1. The second kappa shape index (κ2) is 4.28. The van der Waals surface area contributed by atoms with E-state index in [-0.39, 0.29) is 16.9 Å². The van der Waals surface area contributed by atoms with Crippen molar-refractivity contribution in [1.82, 2.24) is 19.2 Å². The van der Waals surface area contributed by atoms with E-state index in [1.165, 1.54) is 10.9 Å². The van der Waals surface area contributed by atoms with E-state index < -0.39 is 10.0 Å². The van der Waals surface area contributed by atoms with E-state index in [2.05, 4.69) is 14.6 Å². The maximum atomic E-state index is 12.1. The molecule has 0 aliphatic carbocycles. The summed E-state index contributed by atoms with van der Waals surface area (Å²) in [6, 6.07) is -0.0562. The van der Waals surface area contributed by atoms with Crippen LogP contribution in [-0.4, -0.2) is 49.0 Å². The molecule has 3 N–H and O–H groups in total. The third-order valence-corrected chi connectivity index (χ3v) is 4.53. The zero-order chi connectivity index (χ0) is 12.6. The lowest BCUT2D eigenvalue weighted by Gasteiger charge is -2.13. The Morgan fingerprint density at radius 1 is 1.53 bits per heavy atom. The summed E-state index contributed by atoms with van der Waals surface area (Å²) >= 11 is 0. The van der Waals surface area contributed by atoms with E-state index >= 15 is 0 Å². The summed E-state index contributed by atoms with van der Waals surface area (Å²) in [6.07, 6.45) is 2.21. The van der Waals surface area contributed by atoms with Crippen molar-refractivity contribution >= 4 is 15.8 Å². The Morgan fingerprint density at radius 2 is 2.24 bits per heavy atom. The van der Waals surface area contributed by atoms with Gasteiger partial charge < -0.3 is 15.2 Å². The van der Waals surface area contributed by atoms with Crippen LogP contribution >= 0.6 is 0 Å². The molecule has 0 bridgehead atoms. The van der Waals surface area contributed by atoms with Crippen LogP contribution in [0.2, 0.25) is 0 Å². The van der Waals surface area contributed by atoms with Gasteiger partial charge in [-0.2, -0.15) is 0 Å². The van der Waals surface area contributed by atoms with Crippen LogP contribution in [0, 0.1) is 0 Å². The van der Waals surface area contributed by atoms with Crippen molar-refractivity contribution in [3.8, 4) is 0 Å². The lowest BCUT2D eigenvalue weighted by Crippen LogP contribution is -2.37. The number of imidazole rings is 1. The van der Waals surface area contributed by atoms with Crippen LogP contribution in [0.4, 0.5) is 5.82 Å². The molecular formula is C9H17N5O2S. The molecule has 2 rings (SSSR count). The SMILES string of the molecule is CN1CCC(NS(=O)(=O)c2c(N)ncn2C)C1. The number of nitrogens with two attached hydrogens (primary N) is 1. The van der Waals surface area contributed by atoms with E-state index in [1.54, 1.807) is 7.05 Å². The fourth-order valence-corrected chi connectivity index (χ4v) is 3.57. The second-order valence-corrected chi connectivity index (χ2v) is 6.04. The molecule has 0 amide bonds. The summed E-state index contributed by atoms with van der Waals surface area (Å²) in [4.78, 5) is 5.87. The average Bonchev–Trinajstić information content (AvgIpc) is 2.73. The van der Waals surface area contributed by atoms with Gasteiger partial charge in [0.25, 0.3) is 10.0 Å².